The van der Waals surface area contributed by atoms with Crippen molar-refractivity contribution in [1.29, 1.82) is 0 Å². The fourth-order valence-electron chi connectivity index (χ4n) is 4.26. The van der Waals surface area contributed by atoms with Gasteiger partial charge in [-0.15, -0.1) is 0 Å². The number of benzene rings is 2. The van der Waals surface area contributed by atoms with Gasteiger partial charge < -0.3 is 5.32 Å². The summed E-state index contributed by atoms with van der Waals surface area (Å²) in [5.41, 5.74) is 3.23. The Labute approximate surface area is 193 Å². The van der Waals surface area contributed by atoms with Crippen LogP contribution < -0.4 is 10.9 Å². The van der Waals surface area contributed by atoms with E-state index in [9.17, 15) is 9.59 Å². The van der Waals surface area contributed by atoms with Crippen LogP contribution in [-0.4, -0.2) is 44.1 Å². The smallest absolute Gasteiger partial charge is 0.273 e. The zero-order valence-electron chi connectivity index (χ0n) is 19.5. The molecule has 1 amide bonds. The highest BCUT2D eigenvalue weighted by atomic mass is 16.2. The molecule has 2 heterocycles. The van der Waals surface area contributed by atoms with Crippen molar-refractivity contribution < 1.29 is 4.79 Å². The first-order valence-corrected chi connectivity index (χ1v) is 11.5. The summed E-state index contributed by atoms with van der Waals surface area (Å²) in [5, 5.41) is 3.92. The Hall–Kier alpha value is -3.45. The quantitative estimate of drug-likeness (QED) is 0.401. The molecule has 0 atom stereocenters. The van der Waals surface area contributed by atoms with Crippen LogP contribution in [0, 0.1) is 6.92 Å². The molecule has 0 spiro atoms. The normalized spacial score (nSPS) is 11.7. The van der Waals surface area contributed by atoms with Crippen LogP contribution in [0.5, 0.6) is 0 Å². The molecule has 2 aromatic carbocycles. The maximum absolute atomic E-state index is 12.8. The van der Waals surface area contributed by atoms with E-state index in [1.807, 2.05) is 46.5 Å². The number of fused-ring (bicyclic) bond motifs is 3. The minimum absolute atomic E-state index is 0.0603. The van der Waals surface area contributed by atoms with E-state index in [1.165, 1.54) is 11.6 Å². The first kappa shape index (κ1) is 22.7. The van der Waals surface area contributed by atoms with Crippen molar-refractivity contribution >= 4 is 22.5 Å². The standard InChI is InChI=1S/C26H31N5O2/c1-19(2)29(17-21-10-5-4-6-11-21)15-9-14-27-25(33)18-30-23-13-8-7-12-22(23)26-28-24(32)16-20(3)31(26)30/h4-8,10-13,16,19H,9,14-15,17-18H2,1-3H3,(H,27,33). The van der Waals surface area contributed by atoms with Crippen molar-refractivity contribution in [3.63, 3.8) is 0 Å². The first-order chi connectivity index (χ1) is 15.9. The van der Waals surface area contributed by atoms with Gasteiger partial charge in [-0.05, 0) is 44.9 Å². The Balaban J connectivity index is 1.40. The molecule has 1 N–H and O–H groups in total. The molecule has 0 aliphatic carbocycles. The summed E-state index contributed by atoms with van der Waals surface area (Å²) in [6.45, 7) is 8.84. The zero-order valence-corrected chi connectivity index (χ0v) is 19.5. The number of nitrogens with one attached hydrogen (secondary N) is 1. The number of aromatic nitrogens is 3. The Kier molecular flexibility index (Phi) is 6.89. The molecule has 7 heteroatoms. The van der Waals surface area contributed by atoms with Crippen molar-refractivity contribution in [2.75, 3.05) is 13.1 Å². The minimum Gasteiger partial charge on any atom is -0.354 e. The fourth-order valence-corrected chi connectivity index (χ4v) is 4.26. The lowest BCUT2D eigenvalue weighted by atomic mass is 10.2. The summed E-state index contributed by atoms with van der Waals surface area (Å²) < 4.78 is 3.74. The average Bonchev–Trinajstić information content (AvgIpc) is 3.10. The molecule has 0 aliphatic heterocycles. The molecule has 172 valence electrons. The number of hydrogen-bond donors (Lipinski definition) is 1. The summed E-state index contributed by atoms with van der Waals surface area (Å²) in [5.74, 6) is -0.0603. The van der Waals surface area contributed by atoms with Crippen LogP contribution in [0.1, 0.15) is 31.5 Å². The van der Waals surface area contributed by atoms with Gasteiger partial charge in [-0.2, -0.15) is 4.98 Å². The molecule has 0 saturated carbocycles. The lowest BCUT2D eigenvalue weighted by Gasteiger charge is -2.26. The van der Waals surface area contributed by atoms with Gasteiger partial charge in [0.15, 0.2) is 5.65 Å². The van der Waals surface area contributed by atoms with E-state index in [1.54, 1.807) is 0 Å². The number of carbonyl (C=O) groups excluding carboxylic acids is 1. The topological polar surface area (TPSA) is 71.6 Å². The number of hydrogen-bond acceptors (Lipinski definition) is 4. The maximum atomic E-state index is 12.8. The van der Waals surface area contributed by atoms with Crippen molar-refractivity contribution in [2.24, 2.45) is 0 Å². The van der Waals surface area contributed by atoms with Crippen LogP contribution in [0.3, 0.4) is 0 Å². The van der Waals surface area contributed by atoms with Crippen LogP contribution in [-0.2, 0) is 17.9 Å². The molecule has 33 heavy (non-hydrogen) atoms. The number of rotatable bonds is 9. The zero-order chi connectivity index (χ0) is 23.4. The highest BCUT2D eigenvalue weighted by molar-refractivity contribution is 5.93. The molecular formula is C26H31N5O2. The number of nitrogens with zero attached hydrogens (tertiary/aromatic N) is 4. The molecule has 0 unspecified atom stereocenters. The second-order valence-corrected chi connectivity index (χ2v) is 8.70. The Morgan fingerprint density at radius 1 is 1.09 bits per heavy atom. The molecular weight excluding hydrogens is 414 g/mol. The van der Waals surface area contributed by atoms with E-state index in [0.717, 1.165) is 36.1 Å². The van der Waals surface area contributed by atoms with Gasteiger partial charge in [0, 0.05) is 42.8 Å². The van der Waals surface area contributed by atoms with E-state index in [0.29, 0.717) is 18.2 Å². The van der Waals surface area contributed by atoms with Gasteiger partial charge >= 0.3 is 0 Å². The summed E-state index contributed by atoms with van der Waals surface area (Å²) >= 11 is 0. The molecule has 0 fully saturated rings. The van der Waals surface area contributed by atoms with Crippen LogP contribution in [0.15, 0.2) is 65.5 Å². The number of amides is 1. The van der Waals surface area contributed by atoms with Crippen LogP contribution in [0.2, 0.25) is 0 Å². The summed E-state index contributed by atoms with van der Waals surface area (Å²) in [6.07, 6.45) is 0.872. The Bertz CT molecular complexity index is 1310. The number of carbonyl (C=O) groups is 1. The summed E-state index contributed by atoms with van der Waals surface area (Å²) in [4.78, 5) is 31.4. The summed E-state index contributed by atoms with van der Waals surface area (Å²) in [6, 6.07) is 20.1. The third-order valence-electron chi connectivity index (χ3n) is 5.94. The summed E-state index contributed by atoms with van der Waals surface area (Å²) in [7, 11) is 0. The van der Waals surface area contributed by atoms with Crippen molar-refractivity contribution in [1.82, 2.24) is 24.4 Å². The Morgan fingerprint density at radius 2 is 1.82 bits per heavy atom. The van der Waals surface area contributed by atoms with Gasteiger partial charge in [0.25, 0.3) is 5.56 Å². The number of para-hydroxylation sites is 1. The van der Waals surface area contributed by atoms with Gasteiger partial charge in [-0.25, -0.2) is 4.52 Å². The maximum Gasteiger partial charge on any atom is 0.273 e. The molecule has 4 rings (SSSR count). The second-order valence-electron chi connectivity index (χ2n) is 8.70. The lowest BCUT2D eigenvalue weighted by Crippen LogP contribution is -2.35. The van der Waals surface area contributed by atoms with Gasteiger partial charge in [0.1, 0.15) is 6.54 Å². The molecule has 4 aromatic rings. The van der Waals surface area contributed by atoms with Crippen LogP contribution in [0.25, 0.3) is 16.6 Å². The molecule has 2 aromatic heterocycles. The third-order valence-corrected chi connectivity index (χ3v) is 5.94. The van der Waals surface area contributed by atoms with E-state index in [-0.39, 0.29) is 18.0 Å². The van der Waals surface area contributed by atoms with Gasteiger partial charge in [-0.3, -0.25) is 19.2 Å². The average molecular weight is 446 g/mol. The van der Waals surface area contributed by atoms with E-state index in [4.69, 9.17) is 0 Å². The van der Waals surface area contributed by atoms with E-state index < -0.39 is 0 Å². The van der Waals surface area contributed by atoms with Gasteiger partial charge in [0.2, 0.25) is 5.91 Å². The lowest BCUT2D eigenvalue weighted by molar-refractivity contribution is -0.121. The predicted octanol–water partition coefficient (Wildman–Crippen LogP) is 3.37. The second kappa shape index (κ2) is 10.0. The Morgan fingerprint density at radius 3 is 2.58 bits per heavy atom. The van der Waals surface area contributed by atoms with E-state index >= 15 is 0 Å². The SMILES string of the molecule is Cc1cc(=O)nc2c3ccccc3n(CC(=O)NCCCN(Cc3ccccc3)C(C)C)n12. The van der Waals surface area contributed by atoms with Gasteiger partial charge in [-0.1, -0.05) is 42.5 Å². The molecule has 0 aliphatic rings. The largest absolute Gasteiger partial charge is 0.354 e. The monoisotopic (exact) mass is 445 g/mol. The van der Waals surface area contributed by atoms with Gasteiger partial charge in [0.05, 0.1) is 5.52 Å². The van der Waals surface area contributed by atoms with Crippen LogP contribution >= 0.6 is 0 Å². The molecule has 0 bridgehead atoms. The first-order valence-electron chi connectivity index (χ1n) is 11.5. The predicted molar refractivity (Wildman–Crippen MR) is 131 cm³/mol. The van der Waals surface area contributed by atoms with Crippen LogP contribution in [0.4, 0.5) is 0 Å². The molecule has 7 nitrogen and oxygen atoms in total. The number of aryl methyl sites for hydroxylation is 1. The highest BCUT2D eigenvalue weighted by Gasteiger charge is 2.16. The minimum atomic E-state index is -0.273. The molecule has 0 radical (unpaired) electrons. The third kappa shape index (κ3) is 5.14. The fraction of sp³-hybridized carbons (Fsp3) is 0.346. The van der Waals surface area contributed by atoms with E-state index in [2.05, 4.69) is 53.3 Å². The van der Waals surface area contributed by atoms with Crippen molar-refractivity contribution in [3.8, 4) is 0 Å². The van der Waals surface area contributed by atoms with Crippen molar-refractivity contribution in [3.05, 3.63) is 82.3 Å². The van der Waals surface area contributed by atoms with Crippen molar-refractivity contribution in [2.45, 2.75) is 46.3 Å². The highest BCUT2D eigenvalue weighted by Crippen LogP contribution is 2.21. The molecule has 0 saturated heterocycles.